The molecular weight excluding hydrogens is 372 g/mol. The Bertz CT molecular complexity index is 1070. The number of aryl methyl sites for hydroxylation is 1. The van der Waals surface area contributed by atoms with Gasteiger partial charge in [0.05, 0.1) is 12.0 Å². The molecule has 1 aromatic carbocycles. The number of hydrogen-bond acceptors (Lipinski definition) is 5. The van der Waals surface area contributed by atoms with E-state index in [4.69, 9.17) is 4.42 Å². The largest absolute Gasteiger partial charge is 0.459 e. The van der Waals surface area contributed by atoms with Crippen LogP contribution in [0, 0.1) is 6.92 Å². The zero-order valence-corrected chi connectivity index (χ0v) is 15.6. The summed E-state index contributed by atoms with van der Waals surface area (Å²) in [5.74, 6) is 0.0283. The molecule has 0 atom stereocenters. The van der Waals surface area contributed by atoms with Gasteiger partial charge < -0.3 is 9.32 Å². The molecule has 0 bridgehead atoms. The van der Waals surface area contributed by atoms with Crippen LogP contribution < -0.4 is 9.62 Å². The summed E-state index contributed by atoms with van der Waals surface area (Å²) in [5, 5.41) is 0. The van der Waals surface area contributed by atoms with Crippen molar-refractivity contribution >= 4 is 38.6 Å². The number of sulfonamides is 1. The van der Waals surface area contributed by atoms with Gasteiger partial charge in [0.1, 0.15) is 4.21 Å². The van der Waals surface area contributed by atoms with Crippen LogP contribution in [-0.4, -0.2) is 20.9 Å². The third kappa shape index (κ3) is 3.02. The maximum atomic E-state index is 12.6. The van der Waals surface area contributed by atoms with Crippen molar-refractivity contribution in [1.82, 2.24) is 0 Å². The van der Waals surface area contributed by atoms with Crippen LogP contribution in [-0.2, 0) is 16.4 Å². The molecule has 0 unspecified atom stereocenters. The van der Waals surface area contributed by atoms with E-state index in [1.807, 2.05) is 13.0 Å². The molecular formula is C18H16N2O4S2. The number of thiophene rings is 1. The lowest BCUT2D eigenvalue weighted by molar-refractivity contribution is 0.0963. The van der Waals surface area contributed by atoms with Gasteiger partial charge in [0.25, 0.3) is 15.9 Å². The second-order valence-electron chi connectivity index (χ2n) is 6.00. The van der Waals surface area contributed by atoms with E-state index >= 15 is 0 Å². The van der Waals surface area contributed by atoms with E-state index in [9.17, 15) is 13.2 Å². The molecule has 0 saturated heterocycles. The molecule has 0 spiro atoms. The summed E-state index contributed by atoms with van der Waals surface area (Å²) in [5.41, 5.74) is 2.13. The van der Waals surface area contributed by atoms with E-state index in [2.05, 4.69) is 4.72 Å². The van der Waals surface area contributed by atoms with Crippen LogP contribution >= 0.6 is 11.3 Å². The van der Waals surface area contributed by atoms with Crippen LogP contribution in [0.3, 0.4) is 0 Å². The van der Waals surface area contributed by atoms with Crippen LogP contribution in [0.4, 0.5) is 11.4 Å². The zero-order chi connectivity index (χ0) is 18.3. The molecule has 1 amide bonds. The van der Waals surface area contributed by atoms with Crippen molar-refractivity contribution in [3.05, 3.63) is 64.9 Å². The summed E-state index contributed by atoms with van der Waals surface area (Å²) in [6, 6.07) is 11.9. The number of nitrogens with zero attached hydrogens (tertiary/aromatic N) is 1. The van der Waals surface area contributed by atoms with Gasteiger partial charge in [-0.25, -0.2) is 8.42 Å². The fraction of sp³-hybridized carbons (Fsp3) is 0.167. The molecule has 3 aromatic rings. The summed E-state index contributed by atoms with van der Waals surface area (Å²) in [6.45, 7) is 2.40. The lowest BCUT2D eigenvalue weighted by atomic mass is 10.1. The summed E-state index contributed by atoms with van der Waals surface area (Å²) in [6.07, 6.45) is 2.18. The fourth-order valence-electron chi connectivity index (χ4n) is 2.95. The van der Waals surface area contributed by atoms with Crippen molar-refractivity contribution < 1.29 is 17.6 Å². The van der Waals surface area contributed by atoms with Gasteiger partial charge in [0.15, 0.2) is 5.76 Å². The molecule has 0 fully saturated rings. The monoisotopic (exact) mass is 388 g/mol. The summed E-state index contributed by atoms with van der Waals surface area (Å²) >= 11 is 1.22. The van der Waals surface area contributed by atoms with Crippen LogP contribution in [0.25, 0.3) is 0 Å². The number of furan rings is 1. The van der Waals surface area contributed by atoms with Gasteiger partial charge in [-0.05, 0) is 55.3 Å². The molecule has 4 rings (SSSR count). The molecule has 1 aliphatic rings. The molecule has 1 N–H and O–H groups in total. The van der Waals surface area contributed by atoms with Crippen molar-refractivity contribution in [1.29, 1.82) is 0 Å². The maximum absolute atomic E-state index is 12.6. The Morgan fingerprint density at radius 3 is 2.77 bits per heavy atom. The average molecular weight is 388 g/mol. The van der Waals surface area contributed by atoms with E-state index in [1.54, 1.807) is 41.3 Å². The van der Waals surface area contributed by atoms with Crippen molar-refractivity contribution in [2.45, 2.75) is 17.6 Å². The third-order valence-corrected chi connectivity index (χ3v) is 7.06. The topological polar surface area (TPSA) is 79.6 Å². The van der Waals surface area contributed by atoms with E-state index in [0.717, 1.165) is 16.9 Å². The number of amides is 1. The Hall–Kier alpha value is -2.58. The highest BCUT2D eigenvalue weighted by atomic mass is 32.2. The standard InChI is InChI=1S/C18H16N2O4S2/c1-12-4-7-17(25-12)26(22,23)19-14-6-5-13-8-9-20(15(13)11-14)18(21)16-3-2-10-24-16/h2-7,10-11,19H,8-9H2,1H3. The molecule has 26 heavy (non-hydrogen) atoms. The summed E-state index contributed by atoms with van der Waals surface area (Å²) in [4.78, 5) is 15.1. The molecule has 8 heteroatoms. The highest BCUT2D eigenvalue weighted by molar-refractivity contribution is 7.94. The van der Waals surface area contributed by atoms with Gasteiger partial charge in [-0.1, -0.05) is 6.07 Å². The number of rotatable bonds is 4. The first-order valence-electron chi connectivity index (χ1n) is 8.01. The quantitative estimate of drug-likeness (QED) is 0.740. The van der Waals surface area contributed by atoms with Gasteiger partial charge in [0, 0.05) is 17.1 Å². The molecule has 0 radical (unpaired) electrons. The minimum absolute atomic E-state index is 0.234. The summed E-state index contributed by atoms with van der Waals surface area (Å²) < 4.78 is 33.1. The Kier molecular flexibility index (Phi) is 4.08. The normalized spacial score (nSPS) is 13.7. The molecule has 1 aliphatic heterocycles. The first kappa shape index (κ1) is 16.9. The zero-order valence-electron chi connectivity index (χ0n) is 13.9. The van der Waals surface area contributed by atoms with E-state index < -0.39 is 10.0 Å². The minimum Gasteiger partial charge on any atom is -0.459 e. The molecule has 0 saturated carbocycles. The smallest absolute Gasteiger partial charge is 0.293 e. The first-order chi connectivity index (χ1) is 12.4. The number of carbonyl (C=O) groups excluding carboxylic acids is 1. The Morgan fingerprint density at radius 2 is 2.08 bits per heavy atom. The molecule has 2 aromatic heterocycles. The van der Waals surface area contributed by atoms with Crippen LogP contribution in [0.2, 0.25) is 0 Å². The average Bonchev–Trinajstić information content (AvgIpc) is 3.34. The van der Waals surface area contributed by atoms with Gasteiger partial charge in [0.2, 0.25) is 0 Å². The van der Waals surface area contributed by atoms with Crippen LogP contribution in [0.5, 0.6) is 0 Å². The number of hydrogen-bond donors (Lipinski definition) is 1. The number of nitrogens with one attached hydrogen (secondary N) is 1. The predicted molar refractivity (Wildman–Crippen MR) is 100 cm³/mol. The number of benzene rings is 1. The van der Waals surface area contributed by atoms with E-state index in [1.165, 1.54) is 17.6 Å². The Balaban J connectivity index is 1.63. The predicted octanol–water partition coefficient (Wildman–Crippen LogP) is 3.65. The van der Waals surface area contributed by atoms with Crippen molar-refractivity contribution in [3.8, 4) is 0 Å². The second kappa shape index (κ2) is 6.30. The van der Waals surface area contributed by atoms with Crippen molar-refractivity contribution in [2.24, 2.45) is 0 Å². The number of anilines is 2. The maximum Gasteiger partial charge on any atom is 0.293 e. The van der Waals surface area contributed by atoms with Crippen molar-refractivity contribution in [3.63, 3.8) is 0 Å². The van der Waals surface area contributed by atoms with Gasteiger partial charge in [-0.15, -0.1) is 11.3 Å². The molecule has 6 nitrogen and oxygen atoms in total. The summed E-state index contributed by atoms with van der Waals surface area (Å²) in [7, 11) is -3.64. The second-order valence-corrected chi connectivity index (χ2v) is 9.20. The minimum atomic E-state index is -3.64. The highest BCUT2D eigenvalue weighted by Gasteiger charge is 2.28. The lowest BCUT2D eigenvalue weighted by Gasteiger charge is -2.17. The SMILES string of the molecule is Cc1ccc(S(=O)(=O)Nc2ccc3c(c2)N(C(=O)c2ccco2)CC3)s1. The highest BCUT2D eigenvalue weighted by Crippen LogP contribution is 2.33. The molecule has 3 heterocycles. The van der Waals surface area contributed by atoms with E-state index in [0.29, 0.717) is 17.9 Å². The van der Waals surface area contributed by atoms with Gasteiger partial charge >= 0.3 is 0 Å². The third-order valence-electron chi connectivity index (χ3n) is 4.19. The number of carbonyl (C=O) groups is 1. The number of fused-ring (bicyclic) bond motifs is 1. The van der Waals surface area contributed by atoms with Crippen LogP contribution in [0.1, 0.15) is 21.0 Å². The van der Waals surface area contributed by atoms with Gasteiger partial charge in [-0.2, -0.15) is 0 Å². The van der Waals surface area contributed by atoms with Crippen molar-refractivity contribution in [2.75, 3.05) is 16.2 Å². The Labute approximate surface area is 155 Å². The van der Waals surface area contributed by atoms with Crippen LogP contribution in [0.15, 0.2) is 57.4 Å². The molecule has 134 valence electrons. The first-order valence-corrected chi connectivity index (χ1v) is 10.3. The van der Waals surface area contributed by atoms with E-state index in [-0.39, 0.29) is 15.9 Å². The lowest BCUT2D eigenvalue weighted by Crippen LogP contribution is -2.28. The Morgan fingerprint density at radius 1 is 1.23 bits per heavy atom. The fourth-order valence-corrected chi connectivity index (χ4v) is 5.28. The van der Waals surface area contributed by atoms with Gasteiger partial charge in [-0.3, -0.25) is 9.52 Å². The molecule has 0 aliphatic carbocycles.